The number of phenolic OH excluding ortho intramolecular Hbond substituents is 1. The molecule has 0 heterocycles. The standard InChI is InChI=1S/C15H15NO3/c1-10-2-5-12(8-14(10)16)15(18)19-9-11-3-6-13(17)7-4-11/h2-8,17H,9,16H2,1H3. The van der Waals surface area contributed by atoms with E-state index in [9.17, 15) is 4.79 Å². The third kappa shape index (κ3) is 3.25. The quantitative estimate of drug-likeness (QED) is 0.655. The van der Waals surface area contributed by atoms with Gasteiger partial charge in [0.2, 0.25) is 0 Å². The molecule has 0 atom stereocenters. The van der Waals surface area contributed by atoms with Crippen LogP contribution in [0.25, 0.3) is 0 Å². The van der Waals surface area contributed by atoms with Crippen LogP contribution in [0, 0.1) is 6.92 Å². The Hall–Kier alpha value is -2.49. The number of benzene rings is 2. The summed E-state index contributed by atoms with van der Waals surface area (Å²) in [6.45, 7) is 2.04. The van der Waals surface area contributed by atoms with E-state index in [4.69, 9.17) is 15.6 Å². The molecular weight excluding hydrogens is 242 g/mol. The number of hydrogen-bond acceptors (Lipinski definition) is 4. The van der Waals surface area contributed by atoms with Gasteiger partial charge in [-0.1, -0.05) is 18.2 Å². The van der Waals surface area contributed by atoms with Crippen LogP contribution < -0.4 is 5.73 Å². The summed E-state index contributed by atoms with van der Waals surface area (Å²) in [5.74, 6) is -0.235. The largest absolute Gasteiger partial charge is 0.508 e. The molecule has 0 aromatic heterocycles. The summed E-state index contributed by atoms with van der Waals surface area (Å²) in [7, 11) is 0. The zero-order chi connectivity index (χ0) is 13.8. The molecule has 0 bridgehead atoms. The summed E-state index contributed by atoms with van der Waals surface area (Å²) in [4.78, 5) is 11.8. The molecule has 3 N–H and O–H groups in total. The third-order valence-corrected chi connectivity index (χ3v) is 2.82. The van der Waals surface area contributed by atoms with E-state index in [0.29, 0.717) is 11.3 Å². The second kappa shape index (κ2) is 5.44. The van der Waals surface area contributed by atoms with E-state index in [1.54, 1.807) is 42.5 Å². The maximum atomic E-state index is 11.8. The van der Waals surface area contributed by atoms with Crippen molar-refractivity contribution in [2.75, 3.05) is 5.73 Å². The number of aryl methyl sites for hydroxylation is 1. The van der Waals surface area contributed by atoms with Crippen LogP contribution in [0.3, 0.4) is 0 Å². The zero-order valence-corrected chi connectivity index (χ0v) is 10.6. The van der Waals surface area contributed by atoms with Crippen molar-refractivity contribution in [2.24, 2.45) is 0 Å². The first-order valence-corrected chi connectivity index (χ1v) is 5.87. The number of hydrogen-bond donors (Lipinski definition) is 2. The fourth-order valence-electron chi connectivity index (χ4n) is 1.59. The number of ether oxygens (including phenoxy) is 1. The highest BCUT2D eigenvalue weighted by atomic mass is 16.5. The zero-order valence-electron chi connectivity index (χ0n) is 10.6. The van der Waals surface area contributed by atoms with E-state index < -0.39 is 5.97 Å². The van der Waals surface area contributed by atoms with E-state index in [0.717, 1.165) is 11.1 Å². The van der Waals surface area contributed by atoms with Gasteiger partial charge in [0, 0.05) is 5.69 Å². The van der Waals surface area contributed by atoms with Crippen molar-refractivity contribution in [3.8, 4) is 5.75 Å². The van der Waals surface area contributed by atoms with Gasteiger partial charge in [-0.15, -0.1) is 0 Å². The number of nitrogen functional groups attached to an aromatic ring is 1. The minimum Gasteiger partial charge on any atom is -0.508 e. The number of phenols is 1. The summed E-state index contributed by atoms with van der Waals surface area (Å²) >= 11 is 0. The van der Waals surface area contributed by atoms with Crippen molar-refractivity contribution in [1.29, 1.82) is 0 Å². The van der Waals surface area contributed by atoms with Gasteiger partial charge in [-0.3, -0.25) is 0 Å². The summed E-state index contributed by atoms with van der Waals surface area (Å²) < 4.78 is 5.17. The van der Waals surface area contributed by atoms with Crippen LogP contribution in [0.4, 0.5) is 5.69 Å². The maximum absolute atomic E-state index is 11.8. The summed E-state index contributed by atoms with van der Waals surface area (Å²) in [5.41, 5.74) is 8.49. The summed E-state index contributed by atoms with van der Waals surface area (Å²) in [6, 6.07) is 11.6. The molecule has 4 nitrogen and oxygen atoms in total. The van der Waals surface area contributed by atoms with Gasteiger partial charge in [-0.05, 0) is 42.3 Å². The topological polar surface area (TPSA) is 72.5 Å². The maximum Gasteiger partial charge on any atom is 0.338 e. The molecule has 19 heavy (non-hydrogen) atoms. The van der Waals surface area contributed by atoms with Crippen molar-refractivity contribution in [3.63, 3.8) is 0 Å². The molecule has 0 radical (unpaired) electrons. The number of carbonyl (C=O) groups is 1. The van der Waals surface area contributed by atoms with Gasteiger partial charge in [0.15, 0.2) is 0 Å². The van der Waals surface area contributed by atoms with Crippen LogP contribution in [-0.2, 0) is 11.3 Å². The molecule has 2 rings (SSSR count). The van der Waals surface area contributed by atoms with Gasteiger partial charge in [-0.25, -0.2) is 4.79 Å². The average Bonchev–Trinajstić information content (AvgIpc) is 2.41. The number of carbonyl (C=O) groups excluding carboxylic acids is 1. The van der Waals surface area contributed by atoms with Crippen LogP contribution in [0.1, 0.15) is 21.5 Å². The van der Waals surface area contributed by atoms with Gasteiger partial charge in [0.25, 0.3) is 0 Å². The predicted octanol–water partition coefficient (Wildman–Crippen LogP) is 2.64. The highest BCUT2D eigenvalue weighted by Crippen LogP contribution is 2.15. The highest BCUT2D eigenvalue weighted by molar-refractivity contribution is 5.90. The van der Waals surface area contributed by atoms with Crippen LogP contribution in [0.15, 0.2) is 42.5 Å². The molecule has 98 valence electrons. The number of aromatic hydroxyl groups is 1. The van der Waals surface area contributed by atoms with Crippen LogP contribution in [0.5, 0.6) is 5.75 Å². The average molecular weight is 257 g/mol. The van der Waals surface area contributed by atoms with Gasteiger partial charge >= 0.3 is 5.97 Å². The lowest BCUT2D eigenvalue weighted by molar-refractivity contribution is 0.0473. The Morgan fingerprint density at radius 3 is 2.53 bits per heavy atom. The van der Waals surface area contributed by atoms with Crippen LogP contribution in [-0.4, -0.2) is 11.1 Å². The monoisotopic (exact) mass is 257 g/mol. The van der Waals surface area contributed by atoms with E-state index in [-0.39, 0.29) is 12.4 Å². The molecule has 2 aromatic rings. The number of nitrogens with two attached hydrogens (primary N) is 1. The second-order valence-electron chi connectivity index (χ2n) is 4.31. The molecule has 0 aliphatic heterocycles. The minimum absolute atomic E-state index is 0.160. The Balaban J connectivity index is 2.01. The lowest BCUT2D eigenvalue weighted by Crippen LogP contribution is -2.06. The summed E-state index contributed by atoms with van der Waals surface area (Å²) in [6.07, 6.45) is 0. The lowest BCUT2D eigenvalue weighted by Gasteiger charge is -2.07. The molecule has 0 aliphatic rings. The Morgan fingerprint density at radius 2 is 1.89 bits per heavy atom. The second-order valence-corrected chi connectivity index (χ2v) is 4.31. The van der Waals surface area contributed by atoms with Crippen molar-refractivity contribution in [3.05, 3.63) is 59.2 Å². The molecule has 0 unspecified atom stereocenters. The van der Waals surface area contributed by atoms with Crippen LogP contribution in [0.2, 0.25) is 0 Å². The Bertz CT molecular complexity index is 591. The normalized spacial score (nSPS) is 10.2. The van der Waals surface area contributed by atoms with E-state index in [1.807, 2.05) is 6.92 Å². The highest BCUT2D eigenvalue weighted by Gasteiger charge is 2.08. The van der Waals surface area contributed by atoms with E-state index >= 15 is 0 Å². The van der Waals surface area contributed by atoms with E-state index in [2.05, 4.69) is 0 Å². The molecule has 0 spiro atoms. The molecular formula is C15H15NO3. The van der Waals surface area contributed by atoms with Gasteiger partial charge in [0.1, 0.15) is 12.4 Å². The number of anilines is 1. The van der Waals surface area contributed by atoms with Gasteiger partial charge in [0.05, 0.1) is 5.56 Å². The molecule has 0 amide bonds. The minimum atomic E-state index is -0.417. The summed E-state index contributed by atoms with van der Waals surface area (Å²) in [5, 5.41) is 9.15. The Kier molecular flexibility index (Phi) is 3.71. The molecule has 0 aliphatic carbocycles. The fraction of sp³-hybridized carbons (Fsp3) is 0.133. The molecule has 0 saturated heterocycles. The fourth-order valence-corrected chi connectivity index (χ4v) is 1.59. The predicted molar refractivity (Wildman–Crippen MR) is 72.8 cm³/mol. The van der Waals surface area contributed by atoms with Crippen molar-refractivity contribution in [1.82, 2.24) is 0 Å². The van der Waals surface area contributed by atoms with Crippen molar-refractivity contribution >= 4 is 11.7 Å². The van der Waals surface area contributed by atoms with E-state index in [1.165, 1.54) is 0 Å². The smallest absolute Gasteiger partial charge is 0.338 e. The Morgan fingerprint density at radius 1 is 1.21 bits per heavy atom. The first-order chi connectivity index (χ1) is 9.06. The first-order valence-electron chi connectivity index (χ1n) is 5.87. The van der Waals surface area contributed by atoms with Gasteiger partial charge < -0.3 is 15.6 Å². The number of esters is 1. The van der Waals surface area contributed by atoms with Crippen molar-refractivity contribution in [2.45, 2.75) is 13.5 Å². The van der Waals surface area contributed by atoms with Crippen LogP contribution >= 0.6 is 0 Å². The molecule has 2 aromatic carbocycles. The lowest BCUT2D eigenvalue weighted by atomic mass is 10.1. The third-order valence-electron chi connectivity index (χ3n) is 2.82. The molecule has 0 fully saturated rings. The Labute approximate surface area is 111 Å². The van der Waals surface area contributed by atoms with Crippen molar-refractivity contribution < 1.29 is 14.6 Å². The first kappa shape index (κ1) is 13.0. The molecule has 4 heteroatoms. The molecule has 0 saturated carbocycles. The van der Waals surface area contributed by atoms with Gasteiger partial charge in [-0.2, -0.15) is 0 Å². The number of rotatable bonds is 3. The SMILES string of the molecule is Cc1ccc(C(=O)OCc2ccc(O)cc2)cc1N.